The van der Waals surface area contributed by atoms with Crippen LogP contribution in [0.25, 0.3) is 0 Å². The molecule has 3 aliphatic rings. The summed E-state index contributed by atoms with van der Waals surface area (Å²) in [7, 11) is 2.20. The van der Waals surface area contributed by atoms with E-state index in [2.05, 4.69) is 27.1 Å². The molecule has 0 saturated carbocycles. The average molecular weight is 434 g/mol. The Morgan fingerprint density at radius 2 is 1.35 bits per heavy atom. The Balaban J connectivity index is 1.52. The monoisotopic (exact) mass is 433 g/mol. The van der Waals surface area contributed by atoms with E-state index in [0.717, 1.165) is 25.8 Å². The summed E-state index contributed by atoms with van der Waals surface area (Å²) >= 11 is 0. The van der Waals surface area contributed by atoms with Crippen LogP contribution in [0, 0.1) is 0 Å². The molecule has 4 rings (SSSR count). The topological polar surface area (TPSA) is 164 Å². The van der Waals surface area contributed by atoms with Gasteiger partial charge in [0.15, 0.2) is 0 Å². The first kappa shape index (κ1) is 22.4. The first-order chi connectivity index (χ1) is 14.9. The van der Waals surface area contributed by atoms with Crippen LogP contribution in [0.2, 0.25) is 0 Å². The lowest BCUT2D eigenvalue weighted by molar-refractivity contribution is 0.301. The first-order valence-electron chi connectivity index (χ1n) is 11.6. The van der Waals surface area contributed by atoms with Crippen LogP contribution in [0.1, 0.15) is 32.1 Å². The average Bonchev–Trinajstić information content (AvgIpc) is 3.11. The number of piperidine rings is 2. The maximum Gasteiger partial charge on any atom is 0.232 e. The molecule has 4 heterocycles. The maximum absolute atomic E-state index is 6.21. The minimum absolute atomic E-state index is 0.00936. The molecule has 31 heavy (non-hydrogen) atoms. The highest BCUT2D eigenvalue weighted by Crippen LogP contribution is 2.23. The molecule has 0 radical (unpaired) electrons. The lowest BCUT2D eigenvalue weighted by atomic mass is 10.0. The smallest absolute Gasteiger partial charge is 0.232 e. The van der Waals surface area contributed by atoms with Gasteiger partial charge in [-0.3, -0.25) is 0 Å². The Bertz CT molecular complexity index is 667. The summed E-state index contributed by atoms with van der Waals surface area (Å²) in [5.74, 6) is 1.81. The van der Waals surface area contributed by atoms with Crippen LogP contribution in [0.5, 0.6) is 0 Å². The normalized spacial score (nSPS) is 32.5. The van der Waals surface area contributed by atoms with Gasteiger partial charge in [-0.15, -0.1) is 0 Å². The minimum Gasteiger partial charge on any atom is -0.354 e. The van der Waals surface area contributed by atoms with Gasteiger partial charge in [-0.2, -0.15) is 15.0 Å². The van der Waals surface area contributed by atoms with Gasteiger partial charge in [0.05, 0.1) is 0 Å². The third-order valence-corrected chi connectivity index (χ3v) is 6.64. The van der Waals surface area contributed by atoms with Crippen LogP contribution in [0.15, 0.2) is 0 Å². The van der Waals surface area contributed by atoms with Gasteiger partial charge in [0.25, 0.3) is 0 Å². The van der Waals surface area contributed by atoms with E-state index in [1.807, 2.05) is 0 Å². The summed E-state index contributed by atoms with van der Waals surface area (Å²) in [6, 6.07) is 0.653. The molecule has 9 N–H and O–H groups in total. The van der Waals surface area contributed by atoms with E-state index in [0.29, 0.717) is 50.1 Å². The van der Waals surface area contributed by atoms with Crippen molar-refractivity contribution in [3.05, 3.63) is 0 Å². The van der Waals surface area contributed by atoms with Gasteiger partial charge in [-0.05, 0) is 45.7 Å². The van der Waals surface area contributed by atoms with Gasteiger partial charge in [-0.25, -0.2) is 0 Å². The largest absolute Gasteiger partial charge is 0.354 e. The summed E-state index contributed by atoms with van der Waals surface area (Å²) in [6.07, 6.45) is 5.20. The molecular formula is C20H39N11. The van der Waals surface area contributed by atoms with E-state index in [1.165, 1.54) is 19.4 Å². The number of nitrogens with two attached hydrogens (primary N) is 4. The second kappa shape index (κ2) is 9.78. The zero-order valence-electron chi connectivity index (χ0n) is 18.7. The Morgan fingerprint density at radius 1 is 0.839 bits per heavy atom. The van der Waals surface area contributed by atoms with Crippen molar-refractivity contribution in [3.63, 3.8) is 0 Å². The number of anilines is 3. The predicted octanol–water partition coefficient (Wildman–Crippen LogP) is -1.50. The van der Waals surface area contributed by atoms with Gasteiger partial charge in [0.1, 0.15) is 0 Å². The van der Waals surface area contributed by atoms with Crippen LogP contribution in [0.4, 0.5) is 17.8 Å². The predicted molar refractivity (Wildman–Crippen MR) is 124 cm³/mol. The van der Waals surface area contributed by atoms with Crippen molar-refractivity contribution in [1.29, 1.82) is 0 Å². The molecule has 0 spiro atoms. The van der Waals surface area contributed by atoms with Crippen molar-refractivity contribution >= 4 is 17.8 Å². The molecule has 0 amide bonds. The Hall–Kier alpha value is -1.79. The molecule has 3 fully saturated rings. The quantitative estimate of drug-likeness (QED) is 0.354. The standard InChI is InChI=1S/C20H39N11/c1-29-6-2-3-17(29)4-5-25-18-26-19(30-9-13(21)7-14(22)10-30)28-20(27-18)31-11-15(23)8-16(24)12-31/h13-17H,2-12,21-24H2,1H3,(H,25,26,27,28)/t13-,14+,15-,16+,17?. The number of nitrogens with zero attached hydrogens (tertiary/aromatic N) is 6. The third kappa shape index (κ3) is 5.72. The Morgan fingerprint density at radius 3 is 1.81 bits per heavy atom. The number of nitrogens with one attached hydrogen (secondary N) is 1. The van der Waals surface area contributed by atoms with Crippen molar-refractivity contribution < 1.29 is 0 Å². The summed E-state index contributed by atoms with van der Waals surface area (Å²) in [6.45, 7) is 4.72. The van der Waals surface area contributed by atoms with Crippen molar-refractivity contribution in [3.8, 4) is 0 Å². The Kier molecular flexibility index (Phi) is 7.07. The maximum atomic E-state index is 6.21. The molecule has 0 bridgehead atoms. The van der Waals surface area contributed by atoms with E-state index < -0.39 is 0 Å². The summed E-state index contributed by atoms with van der Waals surface area (Å²) in [4.78, 5) is 20.8. The van der Waals surface area contributed by atoms with E-state index in [9.17, 15) is 0 Å². The van der Waals surface area contributed by atoms with E-state index in [-0.39, 0.29) is 24.2 Å². The molecule has 3 aliphatic heterocycles. The second-order valence-electron chi connectivity index (χ2n) is 9.57. The van der Waals surface area contributed by atoms with Crippen LogP contribution >= 0.6 is 0 Å². The zero-order valence-corrected chi connectivity index (χ0v) is 18.7. The Labute approximate surface area is 184 Å². The van der Waals surface area contributed by atoms with Gasteiger partial charge in [0.2, 0.25) is 17.8 Å². The number of aromatic nitrogens is 3. The molecule has 174 valence electrons. The van der Waals surface area contributed by atoms with Crippen molar-refractivity contribution in [2.45, 2.75) is 62.3 Å². The third-order valence-electron chi connectivity index (χ3n) is 6.64. The molecule has 1 aromatic heterocycles. The van der Waals surface area contributed by atoms with Gasteiger partial charge in [-0.1, -0.05) is 0 Å². The molecule has 5 atom stereocenters. The van der Waals surface area contributed by atoms with E-state index in [1.54, 1.807) is 0 Å². The molecule has 0 aliphatic carbocycles. The molecule has 1 aromatic rings. The van der Waals surface area contributed by atoms with E-state index >= 15 is 0 Å². The van der Waals surface area contributed by atoms with Crippen molar-refractivity contribution in [2.24, 2.45) is 22.9 Å². The molecule has 11 nitrogen and oxygen atoms in total. The lowest BCUT2D eigenvalue weighted by Gasteiger charge is -2.37. The second-order valence-corrected chi connectivity index (χ2v) is 9.57. The first-order valence-corrected chi connectivity index (χ1v) is 11.6. The van der Waals surface area contributed by atoms with Crippen LogP contribution in [-0.2, 0) is 0 Å². The van der Waals surface area contributed by atoms with Crippen molar-refractivity contribution in [2.75, 3.05) is 61.4 Å². The number of hydrogen-bond donors (Lipinski definition) is 5. The molecule has 0 aromatic carbocycles. The SMILES string of the molecule is CN1CCCC1CCNc1nc(N2C[C@H](N)C[C@H](N)C2)nc(N2C[C@H](N)C[C@H](N)C2)n1. The van der Waals surface area contributed by atoms with Gasteiger partial charge in [0, 0.05) is 62.9 Å². The van der Waals surface area contributed by atoms with Crippen LogP contribution in [0.3, 0.4) is 0 Å². The van der Waals surface area contributed by atoms with Crippen LogP contribution < -0.4 is 38.1 Å². The molecule has 11 heteroatoms. The summed E-state index contributed by atoms with van der Waals surface area (Å²) in [5, 5.41) is 3.43. The lowest BCUT2D eigenvalue weighted by Crippen LogP contribution is -2.54. The van der Waals surface area contributed by atoms with Crippen molar-refractivity contribution in [1.82, 2.24) is 19.9 Å². The molecule has 1 unspecified atom stereocenters. The fourth-order valence-electron chi connectivity index (χ4n) is 5.09. The van der Waals surface area contributed by atoms with Gasteiger partial charge < -0.3 is 43.0 Å². The fraction of sp³-hybridized carbons (Fsp3) is 0.850. The minimum atomic E-state index is 0.00936. The summed E-state index contributed by atoms with van der Waals surface area (Å²) < 4.78 is 0. The highest BCUT2D eigenvalue weighted by Gasteiger charge is 2.29. The fourth-order valence-corrected chi connectivity index (χ4v) is 5.09. The van der Waals surface area contributed by atoms with E-state index in [4.69, 9.17) is 37.9 Å². The highest BCUT2D eigenvalue weighted by atomic mass is 15.4. The number of likely N-dealkylation sites (tertiary alicyclic amines) is 1. The molecular weight excluding hydrogens is 394 g/mol. The van der Waals surface area contributed by atoms with Gasteiger partial charge >= 0.3 is 0 Å². The highest BCUT2D eigenvalue weighted by molar-refractivity contribution is 5.46. The number of rotatable bonds is 6. The number of hydrogen-bond acceptors (Lipinski definition) is 11. The molecule has 3 saturated heterocycles. The summed E-state index contributed by atoms with van der Waals surface area (Å²) in [5.41, 5.74) is 24.9. The zero-order chi connectivity index (χ0) is 22.0. The van der Waals surface area contributed by atoms with Crippen LogP contribution in [-0.4, -0.2) is 96.4 Å².